The first kappa shape index (κ1) is 12.4. The number of aliphatic hydroxyl groups is 2. The van der Waals surface area contributed by atoms with Crippen LogP contribution < -0.4 is 10.4 Å². The Hall–Kier alpha value is -1.93. The summed E-state index contributed by atoms with van der Waals surface area (Å²) in [5, 5.41) is 20.4. The third-order valence-electron chi connectivity index (χ3n) is 3.88. The Balaban J connectivity index is 2.10. The Morgan fingerprint density at radius 3 is 2.71 bits per heavy atom. The molecule has 2 heterocycles. The van der Waals surface area contributed by atoms with E-state index < -0.39 is 54.0 Å². The maximum atomic E-state index is 11.8. The van der Waals surface area contributed by atoms with Gasteiger partial charge in [0.2, 0.25) is 6.29 Å². The standard InChI is InChI=1S/C17H20O7/c1-17(2)15(21-3)12(19)13(20)16(24-17)22-10-6-4-5-9-7-8-11(18)23-14(9)10/h4-8,12-13,15-16,19-20H,1-3H3/i4D,5D,7D,8D. The second-order valence-electron chi connectivity index (χ2n) is 5.97. The fraction of sp³-hybridized carbons (Fsp3) is 0.471. The highest BCUT2D eigenvalue weighted by Crippen LogP contribution is 2.34. The minimum Gasteiger partial charge on any atom is -0.458 e. The first-order chi connectivity index (χ1) is 13.0. The molecule has 2 aromatic rings. The Kier molecular flexibility index (Phi) is 3.20. The highest BCUT2D eigenvalue weighted by molar-refractivity contribution is 5.82. The van der Waals surface area contributed by atoms with Gasteiger partial charge < -0.3 is 28.8 Å². The van der Waals surface area contributed by atoms with Crippen molar-refractivity contribution in [1.82, 2.24) is 0 Å². The van der Waals surface area contributed by atoms with E-state index in [9.17, 15) is 15.0 Å². The maximum absolute atomic E-state index is 11.8. The van der Waals surface area contributed by atoms with E-state index in [1.807, 2.05) is 0 Å². The first-order valence-electron chi connectivity index (χ1n) is 9.27. The van der Waals surface area contributed by atoms with Crippen LogP contribution in [-0.4, -0.2) is 47.5 Å². The maximum Gasteiger partial charge on any atom is 0.336 e. The van der Waals surface area contributed by atoms with Gasteiger partial charge in [-0.15, -0.1) is 0 Å². The summed E-state index contributed by atoms with van der Waals surface area (Å²) in [5.41, 5.74) is -2.48. The quantitative estimate of drug-likeness (QED) is 0.806. The van der Waals surface area contributed by atoms with E-state index in [0.29, 0.717) is 0 Å². The van der Waals surface area contributed by atoms with Crippen molar-refractivity contribution in [3.63, 3.8) is 0 Å². The second kappa shape index (κ2) is 6.18. The summed E-state index contributed by atoms with van der Waals surface area (Å²) >= 11 is 0. The SMILES string of the molecule is [2H]c1cc(OC2OC(C)(C)C(OC)C(O)C2O)c2oc(=O)c([2H])c([2H])c2c1[2H]. The lowest BCUT2D eigenvalue weighted by Crippen LogP contribution is -2.63. The van der Waals surface area contributed by atoms with E-state index in [1.54, 1.807) is 13.8 Å². The number of ether oxygens (including phenoxy) is 3. The zero-order valence-electron chi connectivity index (χ0n) is 17.3. The van der Waals surface area contributed by atoms with Crippen LogP contribution in [0.4, 0.5) is 0 Å². The third-order valence-corrected chi connectivity index (χ3v) is 3.88. The van der Waals surface area contributed by atoms with Crippen LogP contribution in [0.25, 0.3) is 11.0 Å². The predicted molar refractivity (Wildman–Crippen MR) is 84.9 cm³/mol. The number of para-hydroxylation sites is 1. The van der Waals surface area contributed by atoms with Gasteiger partial charge in [-0.3, -0.25) is 0 Å². The van der Waals surface area contributed by atoms with Gasteiger partial charge in [0.25, 0.3) is 0 Å². The minimum absolute atomic E-state index is 0.232. The van der Waals surface area contributed by atoms with Crippen molar-refractivity contribution in [2.75, 3.05) is 7.11 Å². The summed E-state index contributed by atoms with van der Waals surface area (Å²) in [5.74, 6) is -0.232. The largest absolute Gasteiger partial charge is 0.458 e. The normalized spacial score (nSPS) is 31.9. The van der Waals surface area contributed by atoms with Crippen molar-refractivity contribution in [2.24, 2.45) is 0 Å². The van der Waals surface area contributed by atoms with E-state index in [1.165, 1.54) is 7.11 Å². The van der Waals surface area contributed by atoms with Crippen molar-refractivity contribution < 1.29 is 34.3 Å². The lowest BCUT2D eigenvalue weighted by molar-refractivity contribution is -0.305. The molecule has 1 fully saturated rings. The molecule has 7 heteroatoms. The van der Waals surface area contributed by atoms with Crippen LogP contribution in [0.3, 0.4) is 0 Å². The van der Waals surface area contributed by atoms with Crippen LogP contribution in [0.5, 0.6) is 5.75 Å². The zero-order valence-corrected chi connectivity index (χ0v) is 13.3. The molecule has 0 bridgehead atoms. The molecule has 0 radical (unpaired) electrons. The minimum atomic E-state index is -1.53. The Morgan fingerprint density at radius 2 is 2.00 bits per heavy atom. The van der Waals surface area contributed by atoms with Crippen LogP contribution >= 0.6 is 0 Å². The van der Waals surface area contributed by atoms with Gasteiger partial charge in [0.15, 0.2) is 11.3 Å². The van der Waals surface area contributed by atoms with Crippen molar-refractivity contribution in [1.29, 1.82) is 0 Å². The molecular weight excluding hydrogens is 316 g/mol. The van der Waals surface area contributed by atoms with Gasteiger partial charge in [-0.05, 0) is 26.0 Å². The van der Waals surface area contributed by atoms with Crippen molar-refractivity contribution in [3.05, 3.63) is 40.7 Å². The topological polar surface area (TPSA) is 98.4 Å². The average molecular weight is 340 g/mol. The molecule has 0 amide bonds. The summed E-state index contributed by atoms with van der Waals surface area (Å²) in [6.45, 7) is 3.25. The molecule has 0 saturated carbocycles. The van der Waals surface area contributed by atoms with Crippen molar-refractivity contribution in [2.45, 2.75) is 44.1 Å². The van der Waals surface area contributed by atoms with Crippen molar-refractivity contribution in [3.8, 4) is 5.75 Å². The summed E-state index contributed by atoms with van der Waals surface area (Å²) in [6.07, 6.45) is -5.14. The summed E-state index contributed by atoms with van der Waals surface area (Å²) in [6, 6.07) is -0.987. The molecule has 3 rings (SSSR count). The number of methoxy groups -OCH3 is 1. The number of aliphatic hydroxyl groups excluding tert-OH is 2. The molecule has 24 heavy (non-hydrogen) atoms. The number of benzene rings is 1. The molecule has 1 aliphatic heterocycles. The summed E-state index contributed by atoms with van der Waals surface area (Å²) in [4.78, 5) is 11.8. The number of hydrogen-bond donors (Lipinski definition) is 2. The third kappa shape index (κ3) is 2.91. The highest BCUT2D eigenvalue weighted by atomic mass is 16.7. The molecule has 7 nitrogen and oxygen atoms in total. The van der Waals surface area contributed by atoms with Gasteiger partial charge in [0, 0.05) is 18.5 Å². The van der Waals surface area contributed by atoms with Gasteiger partial charge in [0.05, 0.1) is 11.1 Å². The zero-order chi connectivity index (χ0) is 21.0. The second-order valence-corrected chi connectivity index (χ2v) is 5.97. The van der Waals surface area contributed by atoms with Crippen LogP contribution in [-0.2, 0) is 9.47 Å². The van der Waals surface area contributed by atoms with Crippen LogP contribution in [0.2, 0.25) is 0 Å². The number of rotatable bonds is 3. The molecule has 1 aromatic carbocycles. The van der Waals surface area contributed by atoms with Crippen LogP contribution in [0.1, 0.15) is 19.3 Å². The van der Waals surface area contributed by atoms with E-state index in [-0.39, 0.29) is 22.8 Å². The fourth-order valence-electron chi connectivity index (χ4n) is 2.76. The predicted octanol–water partition coefficient (Wildman–Crippen LogP) is 1.04. The fourth-order valence-corrected chi connectivity index (χ4v) is 2.76. The Morgan fingerprint density at radius 1 is 1.25 bits per heavy atom. The van der Waals surface area contributed by atoms with E-state index in [0.717, 1.165) is 6.07 Å². The number of hydrogen-bond acceptors (Lipinski definition) is 7. The molecule has 0 aliphatic carbocycles. The number of fused-ring (bicyclic) bond motifs is 1. The smallest absolute Gasteiger partial charge is 0.336 e. The van der Waals surface area contributed by atoms with E-state index >= 15 is 0 Å². The Labute approximate surface area is 144 Å². The molecule has 0 spiro atoms. The van der Waals surface area contributed by atoms with Crippen LogP contribution in [0.15, 0.2) is 39.4 Å². The van der Waals surface area contributed by atoms with Gasteiger partial charge >= 0.3 is 5.63 Å². The molecule has 2 N–H and O–H groups in total. The summed E-state index contributed by atoms with van der Waals surface area (Å²) in [7, 11) is 1.36. The van der Waals surface area contributed by atoms with Gasteiger partial charge in [-0.2, -0.15) is 0 Å². The lowest BCUT2D eigenvalue weighted by Gasteiger charge is -2.46. The van der Waals surface area contributed by atoms with Gasteiger partial charge in [0.1, 0.15) is 18.3 Å². The molecule has 1 aliphatic rings. The summed E-state index contributed by atoms with van der Waals surface area (Å²) < 4.78 is 52.9. The van der Waals surface area contributed by atoms with Gasteiger partial charge in [-0.25, -0.2) is 4.79 Å². The lowest BCUT2D eigenvalue weighted by atomic mass is 9.89. The molecule has 1 aromatic heterocycles. The Bertz CT molecular complexity index is 974. The average Bonchev–Trinajstić information content (AvgIpc) is 2.61. The molecule has 4 atom stereocenters. The monoisotopic (exact) mass is 340 g/mol. The van der Waals surface area contributed by atoms with E-state index in [4.69, 9.17) is 24.1 Å². The molecule has 130 valence electrons. The van der Waals surface area contributed by atoms with Crippen molar-refractivity contribution >= 4 is 11.0 Å². The molecule has 1 saturated heterocycles. The van der Waals surface area contributed by atoms with E-state index in [2.05, 4.69) is 0 Å². The van der Waals surface area contributed by atoms with Gasteiger partial charge in [-0.1, -0.05) is 12.1 Å². The first-order valence-corrected chi connectivity index (χ1v) is 7.27. The van der Waals surface area contributed by atoms with Crippen LogP contribution in [0, 0.1) is 0 Å². The molecule has 4 unspecified atom stereocenters. The highest BCUT2D eigenvalue weighted by Gasteiger charge is 2.50. The molecular formula is C17H20O7.